The number of primary amides is 1. The Labute approximate surface area is 168 Å². The minimum Gasteiger partial charge on any atom is -0.367 e. The fraction of sp³-hybridized carbons (Fsp3) is 0.286. The van der Waals surface area contributed by atoms with Crippen LogP contribution >= 0.6 is 0 Å². The normalized spacial score (nSPS) is 15.4. The molecule has 3 N–H and O–H groups in total. The summed E-state index contributed by atoms with van der Waals surface area (Å²) in [6.07, 6.45) is 0. The largest absolute Gasteiger partial charge is 0.367 e. The lowest BCUT2D eigenvalue weighted by Crippen LogP contribution is -2.53. The van der Waals surface area contributed by atoms with E-state index in [0.29, 0.717) is 48.7 Å². The molecule has 0 spiro atoms. The molecule has 2 amide bonds. The smallest absolute Gasteiger partial charge is 0.248 e. The van der Waals surface area contributed by atoms with Gasteiger partial charge in [-0.3, -0.25) is 14.5 Å². The van der Waals surface area contributed by atoms with Crippen LogP contribution in [0.2, 0.25) is 0 Å². The summed E-state index contributed by atoms with van der Waals surface area (Å²) in [7, 11) is 0. The maximum atomic E-state index is 14.2. The Bertz CT molecular complexity index is 947. The summed E-state index contributed by atoms with van der Waals surface area (Å²) in [5.74, 6) is -1.09. The molecule has 0 bridgehead atoms. The number of halogens is 1. The van der Waals surface area contributed by atoms with Crippen molar-refractivity contribution < 1.29 is 14.0 Å². The molecule has 2 aromatic carbocycles. The number of piperazine rings is 1. The average molecular weight is 395 g/mol. The van der Waals surface area contributed by atoms with Gasteiger partial charge in [-0.1, -0.05) is 0 Å². The van der Waals surface area contributed by atoms with Gasteiger partial charge in [0.1, 0.15) is 5.82 Å². The highest BCUT2D eigenvalue weighted by molar-refractivity contribution is 5.96. The van der Waals surface area contributed by atoms with Gasteiger partial charge in [-0.25, -0.2) is 4.39 Å². The molecule has 150 valence electrons. The van der Waals surface area contributed by atoms with Gasteiger partial charge in [0.05, 0.1) is 23.4 Å². The van der Waals surface area contributed by atoms with Gasteiger partial charge < -0.3 is 16.0 Å². The van der Waals surface area contributed by atoms with E-state index >= 15 is 0 Å². The summed E-state index contributed by atoms with van der Waals surface area (Å²) < 4.78 is 14.2. The molecule has 1 fully saturated rings. The van der Waals surface area contributed by atoms with Gasteiger partial charge in [0.15, 0.2) is 0 Å². The van der Waals surface area contributed by atoms with Crippen molar-refractivity contribution in [3.8, 4) is 6.07 Å². The average Bonchev–Trinajstić information content (AvgIpc) is 2.73. The molecule has 0 aromatic heterocycles. The van der Waals surface area contributed by atoms with Crippen LogP contribution in [-0.2, 0) is 4.79 Å². The summed E-state index contributed by atoms with van der Waals surface area (Å²) in [4.78, 5) is 27.6. The number of nitriles is 1. The second-order valence-corrected chi connectivity index (χ2v) is 6.91. The third kappa shape index (κ3) is 4.70. The Morgan fingerprint density at radius 1 is 1.14 bits per heavy atom. The molecule has 7 nitrogen and oxygen atoms in total. The van der Waals surface area contributed by atoms with Crippen LogP contribution in [0.5, 0.6) is 0 Å². The zero-order valence-electron chi connectivity index (χ0n) is 16.1. The van der Waals surface area contributed by atoms with Crippen molar-refractivity contribution in [2.45, 2.75) is 13.0 Å². The van der Waals surface area contributed by atoms with Gasteiger partial charge >= 0.3 is 0 Å². The molecule has 1 saturated heterocycles. The lowest BCUT2D eigenvalue weighted by atomic mass is 10.1. The van der Waals surface area contributed by atoms with E-state index in [1.54, 1.807) is 36.4 Å². The van der Waals surface area contributed by atoms with Gasteiger partial charge in [0.2, 0.25) is 11.8 Å². The summed E-state index contributed by atoms with van der Waals surface area (Å²) in [6.45, 7) is 4.19. The van der Waals surface area contributed by atoms with E-state index in [2.05, 4.69) is 5.32 Å². The van der Waals surface area contributed by atoms with Gasteiger partial charge in [-0.15, -0.1) is 0 Å². The molecular weight excluding hydrogens is 373 g/mol. The number of nitrogens with zero attached hydrogens (tertiary/aromatic N) is 3. The second-order valence-electron chi connectivity index (χ2n) is 6.91. The molecule has 0 radical (unpaired) electrons. The standard InChI is InChI=1S/C21H22FN5O2/c1-14(21(29)25-17-5-3-16(4-6-17)20(24)28)26-8-10-27(11-9-26)19-7-2-15(13-23)12-18(19)22/h2-7,12,14H,8-11H2,1H3,(H2,24,28)(H,25,29). The van der Waals surface area contributed by atoms with Gasteiger partial charge in [0, 0.05) is 37.4 Å². The fourth-order valence-electron chi connectivity index (χ4n) is 3.31. The molecule has 1 aliphatic rings. The molecule has 0 aliphatic carbocycles. The van der Waals surface area contributed by atoms with Crippen LogP contribution in [0.25, 0.3) is 0 Å². The highest BCUT2D eigenvalue weighted by atomic mass is 19.1. The first-order valence-corrected chi connectivity index (χ1v) is 9.28. The lowest BCUT2D eigenvalue weighted by Gasteiger charge is -2.38. The Kier molecular flexibility index (Phi) is 6.10. The first-order valence-electron chi connectivity index (χ1n) is 9.28. The first kappa shape index (κ1) is 20.3. The molecule has 1 heterocycles. The Morgan fingerprint density at radius 3 is 2.34 bits per heavy atom. The molecule has 1 aliphatic heterocycles. The summed E-state index contributed by atoms with van der Waals surface area (Å²) in [5, 5.41) is 11.7. The highest BCUT2D eigenvalue weighted by Crippen LogP contribution is 2.22. The van der Waals surface area contributed by atoms with E-state index in [4.69, 9.17) is 11.0 Å². The van der Waals surface area contributed by atoms with Crippen LogP contribution in [0.15, 0.2) is 42.5 Å². The zero-order chi connectivity index (χ0) is 21.0. The van der Waals surface area contributed by atoms with E-state index in [-0.39, 0.29) is 11.9 Å². The van der Waals surface area contributed by atoms with Gasteiger partial charge in [0.25, 0.3) is 0 Å². The Balaban J connectivity index is 1.56. The molecule has 0 saturated carbocycles. The number of hydrogen-bond donors (Lipinski definition) is 2. The highest BCUT2D eigenvalue weighted by Gasteiger charge is 2.26. The van der Waals surface area contributed by atoms with Crippen molar-refractivity contribution >= 4 is 23.2 Å². The molecular formula is C21H22FN5O2. The van der Waals surface area contributed by atoms with Gasteiger partial charge in [-0.2, -0.15) is 5.26 Å². The summed E-state index contributed by atoms with van der Waals surface area (Å²) >= 11 is 0. The van der Waals surface area contributed by atoms with Gasteiger partial charge in [-0.05, 0) is 49.4 Å². The van der Waals surface area contributed by atoms with Crippen LogP contribution in [0.4, 0.5) is 15.8 Å². The third-order valence-corrected chi connectivity index (χ3v) is 5.10. The number of nitrogens with two attached hydrogens (primary N) is 1. The maximum Gasteiger partial charge on any atom is 0.248 e. The number of amides is 2. The van der Waals surface area contributed by atoms with E-state index in [9.17, 15) is 14.0 Å². The Morgan fingerprint density at radius 2 is 1.79 bits per heavy atom. The van der Waals surface area contributed by atoms with E-state index < -0.39 is 11.7 Å². The SMILES string of the molecule is CC(C(=O)Nc1ccc(C(N)=O)cc1)N1CCN(c2ccc(C#N)cc2F)CC1. The van der Waals surface area contributed by atoms with E-state index in [1.165, 1.54) is 6.07 Å². The minimum absolute atomic E-state index is 0.158. The fourth-order valence-corrected chi connectivity index (χ4v) is 3.31. The zero-order valence-corrected chi connectivity index (χ0v) is 16.1. The number of carbonyl (C=O) groups is 2. The molecule has 1 atom stereocenters. The summed E-state index contributed by atoms with van der Waals surface area (Å²) in [6, 6.07) is 12.4. The van der Waals surface area contributed by atoms with Crippen LogP contribution in [0.3, 0.4) is 0 Å². The first-order chi connectivity index (χ1) is 13.9. The molecule has 3 rings (SSSR count). The number of hydrogen-bond acceptors (Lipinski definition) is 5. The minimum atomic E-state index is -0.521. The van der Waals surface area contributed by atoms with E-state index in [0.717, 1.165) is 0 Å². The number of anilines is 2. The number of carbonyl (C=O) groups excluding carboxylic acids is 2. The van der Waals surface area contributed by atoms with Crippen molar-refractivity contribution in [1.82, 2.24) is 4.90 Å². The molecule has 29 heavy (non-hydrogen) atoms. The third-order valence-electron chi connectivity index (χ3n) is 5.10. The quantitative estimate of drug-likeness (QED) is 0.806. The van der Waals surface area contributed by atoms with Crippen LogP contribution < -0.4 is 16.0 Å². The lowest BCUT2D eigenvalue weighted by molar-refractivity contribution is -0.120. The monoisotopic (exact) mass is 395 g/mol. The van der Waals surface area contributed by atoms with Crippen molar-refractivity contribution in [3.05, 3.63) is 59.4 Å². The molecule has 1 unspecified atom stereocenters. The number of nitrogens with one attached hydrogen (secondary N) is 1. The van der Waals surface area contributed by atoms with Crippen molar-refractivity contribution in [2.24, 2.45) is 5.73 Å². The second kappa shape index (κ2) is 8.71. The van der Waals surface area contributed by atoms with Crippen LogP contribution in [0, 0.1) is 17.1 Å². The number of rotatable bonds is 5. The molecule has 2 aromatic rings. The van der Waals surface area contributed by atoms with Crippen LogP contribution in [0.1, 0.15) is 22.8 Å². The van der Waals surface area contributed by atoms with Crippen molar-refractivity contribution in [2.75, 3.05) is 36.4 Å². The topological polar surface area (TPSA) is 102 Å². The Hall–Kier alpha value is -3.44. The number of benzene rings is 2. The van der Waals surface area contributed by atoms with E-state index in [1.807, 2.05) is 22.8 Å². The molecule has 8 heteroatoms. The van der Waals surface area contributed by atoms with Crippen LogP contribution in [-0.4, -0.2) is 48.9 Å². The maximum absolute atomic E-state index is 14.2. The predicted molar refractivity (Wildman–Crippen MR) is 108 cm³/mol. The van der Waals surface area contributed by atoms with Crippen molar-refractivity contribution in [3.63, 3.8) is 0 Å². The predicted octanol–water partition coefficient (Wildman–Crippen LogP) is 1.95. The van der Waals surface area contributed by atoms with Crippen molar-refractivity contribution in [1.29, 1.82) is 5.26 Å². The summed E-state index contributed by atoms with van der Waals surface area (Å²) in [5.41, 5.74) is 6.94.